The van der Waals surface area contributed by atoms with Crippen LogP contribution in [-0.4, -0.2) is 6.61 Å². The van der Waals surface area contributed by atoms with Gasteiger partial charge in [-0.05, 0) is 49.2 Å². The zero-order valence-corrected chi connectivity index (χ0v) is 14.5. The van der Waals surface area contributed by atoms with Crippen LogP contribution in [0.5, 0.6) is 5.75 Å². The summed E-state index contributed by atoms with van der Waals surface area (Å²) in [5.41, 5.74) is 2.49. The Morgan fingerprint density at radius 3 is 2.60 bits per heavy atom. The lowest BCUT2D eigenvalue weighted by Crippen LogP contribution is -2.01. The molecule has 0 radical (unpaired) electrons. The smallest absolute Gasteiger partial charge is 0.126 e. The molecule has 1 unspecified atom stereocenters. The Labute approximate surface area is 135 Å². The van der Waals surface area contributed by atoms with Gasteiger partial charge in [-0.25, -0.2) is 4.39 Å². The van der Waals surface area contributed by atoms with Crippen LogP contribution in [0.3, 0.4) is 0 Å². The maximum Gasteiger partial charge on any atom is 0.126 e. The maximum atomic E-state index is 13.7. The third-order valence-corrected chi connectivity index (χ3v) is 4.55. The molecule has 0 saturated heterocycles. The second-order valence-electron chi connectivity index (χ2n) is 4.49. The van der Waals surface area contributed by atoms with Gasteiger partial charge in [0.15, 0.2) is 0 Å². The summed E-state index contributed by atoms with van der Waals surface area (Å²) in [5, 5.41) is 0. The minimum Gasteiger partial charge on any atom is -0.494 e. The summed E-state index contributed by atoms with van der Waals surface area (Å²) in [6, 6.07) is 11.1. The van der Waals surface area contributed by atoms with Gasteiger partial charge in [0.2, 0.25) is 0 Å². The fourth-order valence-corrected chi connectivity index (χ4v) is 2.97. The molecule has 0 saturated carbocycles. The number of rotatable bonds is 4. The molecule has 0 aromatic heterocycles. The van der Waals surface area contributed by atoms with Crippen LogP contribution in [0.2, 0.25) is 0 Å². The van der Waals surface area contributed by atoms with Crippen LogP contribution in [-0.2, 0) is 0 Å². The second-order valence-corrected chi connectivity index (χ2v) is 6.32. The number of halogens is 3. The molecule has 0 aliphatic carbocycles. The molecule has 20 heavy (non-hydrogen) atoms. The number of aryl methyl sites for hydroxylation is 1. The van der Waals surface area contributed by atoms with Crippen LogP contribution in [0.15, 0.2) is 40.9 Å². The van der Waals surface area contributed by atoms with Crippen LogP contribution in [0.25, 0.3) is 0 Å². The second kappa shape index (κ2) is 6.72. The highest BCUT2D eigenvalue weighted by molar-refractivity contribution is 9.10. The van der Waals surface area contributed by atoms with Crippen LogP contribution in [0.4, 0.5) is 4.39 Å². The van der Waals surface area contributed by atoms with E-state index >= 15 is 0 Å². The van der Waals surface area contributed by atoms with Gasteiger partial charge < -0.3 is 4.74 Å². The Morgan fingerprint density at radius 1 is 1.20 bits per heavy atom. The molecule has 2 aromatic rings. The van der Waals surface area contributed by atoms with Crippen molar-refractivity contribution in [3.63, 3.8) is 0 Å². The lowest BCUT2D eigenvalue weighted by molar-refractivity contribution is 0.337. The van der Waals surface area contributed by atoms with E-state index in [0.29, 0.717) is 12.2 Å². The first-order valence-corrected chi connectivity index (χ1v) is 8.06. The molecule has 2 rings (SSSR count). The van der Waals surface area contributed by atoms with Gasteiger partial charge in [-0.1, -0.05) is 44.0 Å². The summed E-state index contributed by atoms with van der Waals surface area (Å²) in [5.74, 6) is 0.610. The predicted octanol–water partition coefficient (Wildman–Crippen LogP) is 5.78. The third-order valence-electron chi connectivity index (χ3n) is 3.03. The summed E-state index contributed by atoms with van der Waals surface area (Å²) in [6.07, 6.45) is 0. The molecule has 0 aliphatic heterocycles. The molecule has 4 heteroatoms. The minimum atomic E-state index is -0.195. The van der Waals surface area contributed by atoms with Crippen LogP contribution >= 0.6 is 31.9 Å². The van der Waals surface area contributed by atoms with Gasteiger partial charge in [0.25, 0.3) is 0 Å². The van der Waals surface area contributed by atoms with Gasteiger partial charge in [0.1, 0.15) is 11.6 Å². The largest absolute Gasteiger partial charge is 0.494 e. The fourth-order valence-electron chi connectivity index (χ4n) is 1.95. The maximum absolute atomic E-state index is 13.7. The molecule has 0 aliphatic rings. The first kappa shape index (κ1) is 15.5. The van der Waals surface area contributed by atoms with Crippen molar-refractivity contribution in [2.45, 2.75) is 18.7 Å². The average Bonchev–Trinajstić information content (AvgIpc) is 2.43. The summed E-state index contributed by atoms with van der Waals surface area (Å²) >= 11 is 7.10. The Hall–Kier alpha value is -0.870. The molecule has 2 aromatic carbocycles. The number of ether oxygens (including phenoxy) is 1. The molecule has 0 fully saturated rings. The Bertz CT molecular complexity index is 613. The number of hydrogen-bond donors (Lipinski definition) is 0. The van der Waals surface area contributed by atoms with E-state index in [-0.39, 0.29) is 10.6 Å². The fraction of sp³-hybridized carbons (Fsp3) is 0.250. The molecule has 106 valence electrons. The van der Waals surface area contributed by atoms with Crippen molar-refractivity contribution in [1.82, 2.24) is 0 Å². The van der Waals surface area contributed by atoms with Crippen molar-refractivity contribution in [2.75, 3.05) is 6.61 Å². The van der Waals surface area contributed by atoms with Gasteiger partial charge in [-0.15, -0.1) is 0 Å². The standard InChI is InChI=1S/C16H15Br2FO/c1-3-20-15-7-6-12(17)9-13(15)16(18)11-5-4-10(2)14(19)8-11/h4-9,16H,3H2,1-2H3. The van der Waals surface area contributed by atoms with Crippen molar-refractivity contribution < 1.29 is 9.13 Å². The molecule has 1 atom stereocenters. The van der Waals surface area contributed by atoms with E-state index in [9.17, 15) is 4.39 Å². The predicted molar refractivity (Wildman–Crippen MR) is 87.2 cm³/mol. The van der Waals surface area contributed by atoms with Gasteiger partial charge >= 0.3 is 0 Å². The van der Waals surface area contributed by atoms with Crippen LogP contribution in [0, 0.1) is 12.7 Å². The molecular weight excluding hydrogens is 387 g/mol. The van der Waals surface area contributed by atoms with Crippen molar-refractivity contribution in [3.8, 4) is 5.75 Å². The van der Waals surface area contributed by atoms with Gasteiger partial charge in [0, 0.05) is 10.0 Å². The van der Waals surface area contributed by atoms with E-state index in [4.69, 9.17) is 4.74 Å². The number of alkyl halides is 1. The van der Waals surface area contributed by atoms with E-state index in [1.807, 2.05) is 31.2 Å². The van der Waals surface area contributed by atoms with Crippen molar-refractivity contribution in [1.29, 1.82) is 0 Å². The quantitative estimate of drug-likeness (QED) is 0.590. The first-order chi connectivity index (χ1) is 9.52. The van der Waals surface area contributed by atoms with Gasteiger partial charge in [0.05, 0.1) is 11.4 Å². The van der Waals surface area contributed by atoms with Gasteiger partial charge in [-0.2, -0.15) is 0 Å². The van der Waals surface area contributed by atoms with E-state index in [2.05, 4.69) is 31.9 Å². The molecule has 0 N–H and O–H groups in total. The van der Waals surface area contributed by atoms with E-state index in [1.165, 1.54) is 0 Å². The monoisotopic (exact) mass is 400 g/mol. The molecule has 0 amide bonds. The van der Waals surface area contributed by atoms with Crippen LogP contribution in [0.1, 0.15) is 28.4 Å². The molecule has 0 heterocycles. The molecule has 0 bridgehead atoms. The van der Waals surface area contributed by atoms with Crippen molar-refractivity contribution in [2.24, 2.45) is 0 Å². The number of benzene rings is 2. The Morgan fingerprint density at radius 2 is 1.95 bits per heavy atom. The minimum absolute atomic E-state index is 0.114. The topological polar surface area (TPSA) is 9.23 Å². The normalized spacial score (nSPS) is 12.2. The van der Waals surface area contributed by atoms with Crippen molar-refractivity contribution in [3.05, 3.63) is 63.4 Å². The van der Waals surface area contributed by atoms with E-state index < -0.39 is 0 Å². The lowest BCUT2D eigenvalue weighted by Gasteiger charge is -2.16. The van der Waals surface area contributed by atoms with E-state index in [1.54, 1.807) is 19.1 Å². The zero-order valence-electron chi connectivity index (χ0n) is 11.3. The lowest BCUT2D eigenvalue weighted by atomic mass is 10.0. The number of hydrogen-bond acceptors (Lipinski definition) is 1. The van der Waals surface area contributed by atoms with Crippen molar-refractivity contribution >= 4 is 31.9 Å². The summed E-state index contributed by atoms with van der Waals surface area (Å²) in [6.45, 7) is 4.30. The Balaban J connectivity index is 2.43. The molecular formula is C16H15Br2FO. The Kier molecular flexibility index (Phi) is 5.22. The third kappa shape index (κ3) is 3.41. The summed E-state index contributed by atoms with van der Waals surface area (Å²) in [4.78, 5) is -0.114. The van der Waals surface area contributed by atoms with Crippen LogP contribution < -0.4 is 4.74 Å². The summed E-state index contributed by atoms with van der Waals surface area (Å²) in [7, 11) is 0. The highest BCUT2D eigenvalue weighted by Gasteiger charge is 2.17. The van der Waals surface area contributed by atoms with E-state index in [0.717, 1.165) is 21.3 Å². The molecule has 1 nitrogen and oxygen atoms in total. The zero-order chi connectivity index (χ0) is 14.7. The highest BCUT2D eigenvalue weighted by atomic mass is 79.9. The van der Waals surface area contributed by atoms with Gasteiger partial charge in [-0.3, -0.25) is 0 Å². The highest BCUT2D eigenvalue weighted by Crippen LogP contribution is 2.38. The summed E-state index contributed by atoms with van der Waals surface area (Å²) < 4.78 is 20.3. The average molecular weight is 402 g/mol. The first-order valence-electron chi connectivity index (χ1n) is 6.35. The molecule has 0 spiro atoms. The SMILES string of the molecule is CCOc1ccc(Br)cc1C(Br)c1ccc(C)c(F)c1.